The molecule has 2 aromatic carbocycles. The molecule has 1 aliphatic heterocycles. The molecule has 1 aromatic heterocycles. The Labute approximate surface area is 167 Å². The molecule has 1 saturated heterocycles. The van der Waals surface area contributed by atoms with Gasteiger partial charge in [0, 0.05) is 31.6 Å². The molecule has 28 heavy (non-hydrogen) atoms. The first-order valence-corrected chi connectivity index (χ1v) is 10.7. The molecular weight excluding hydrogens is 400 g/mol. The van der Waals surface area contributed by atoms with Gasteiger partial charge in [0.15, 0.2) is 0 Å². The van der Waals surface area contributed by atoms with Crippen molar-refractivity contribution in [2.24, 2.45) is 0 Å². The van der Waals surface area contributed by atoms with Crippen molar-refractivity contribution in [1.29, 1.82) is 0 Å². The molecule has 0 amide bonds. The van der Waals surface area contributed by atoms with E-state index in [-0.39, 0.29) is 15.5 Å². The summed E-state index contributed by atoms with van der Waals surface area (Å²) in [5.41, 5.74) is -0.149. The van der Waals surface area contributed by atoms with E-state index >= 15 is 0 Å². The third-order valence-corrected chi connectivity index (χ3v) is 7.28. The minimum Gasteiger partial charge on any atom is -0.282 e. The highest BCUT2D eigenvalue weighted by molar-refractivity contribution is 7.89. The second kappa shape index (κ2) is 7.63. The maximum absolute atomic E-state index is 12.8. The Kier molecular flexibility index (Phi) is 5.20. The van der Waals surface area contributed by atoms with Crippen LogP contribution in [-0.4, -0.2) is 53.6 Å². The summed E-state index contributed by atoms with van der Waals surface area (Å²) in [6, 6.07) is 13.8. The molecule has 0 spiro atoms. The van der Waals surface area contributed by atoms with E-state index < -0.39 is 10.0 Å². The van der Waals surface area contributed by atoms with Crippen LogP contribution in [0, 0.1) is 0 Å². The minimum atomic E-state index is -3.64. The van der Waals surface area contributed by atoms with Crippen LogP contribution < -0.4 is 5.56 Å². The zero-order chi connectivity index (χ0) is 19.7. The smallest absolute Gasteiger partial charge is 0.275 e. The van der Waals surface area contributed by atoms with Gasteiger partial charge in [-0.2, -0.15) is 9.40 Å². The largest absolute Gasteiger partial charge is 0.282 e. The highest BCUT2D eigenvalue weighted by atomic mass is 35.5. The second-order valence-corrected chi connectivity index (χ2v) is 8.94. The number of sulfonamides is 1. The predicted molar refractivity (Wildman–Crippen MR) is 108 cm³/mol. The van der Waals surface area contributed by atoms with Crippen molar-refractivity contribution < 1.29 is 8.42 Å². The molecule has 0 bridgehead atoms. The molecule has 4 rings (SSSR count). The third-order valence-electron chi connectivity index (χ3n) is 4.88. The SMILES string of the molecule is O=c1c2ccccc2cnn1CN1CCN(S(=O)(=O)c2ccccc2Cl)CC1. The standard InChI is InChI=1S/C19H19ClN4O3S/c20-17-7-3-4-8-18(17)28(26,27)23-11-9-22(10-12-23)14-24-19(25)16-6-2-1-5-15(16)13-21-24/h1-8,13H,9-12,14H2. The number of piperazine rings is 1. The van der Waals surface area contributed by atoms with Crippen LogP contribution in [0.1, 0.15) is 0 Å². The second-order valence-electron chi connectivity index (χ2n) is 6.63. The lowest BCUT2D eigenvalue weighted by atomic mass is 10.2. The molecule has 0 N–H and O–H groups in total. The molecular formula is C19H19ClN4O3S. The average Bonchev–Trinajstić information content (AvgIpc) is 2.71. The molecule has 1 fully saturated rings. The fourth-order valence-corrected chi connectivity index (χ4v) is 5.24. The first-order valence-electron chi connectivity index (χ1n) is 8.89. The van der Waals surface area contributed by atoms with Crippen LogP contribution in [0.25, 0.3) is 10.8 Å². The van der Waals surface area contributed by atoms with Crippen LogP contribution in [0.3, 0.4) is 0 Å². The number of halogens is 1. The monoisotopic (exact) mass is 418 g/mol. The maximum Gasteiger partial charge on any atom is 0.275 e. The van der Waals surface area contributed by atoms with Crippen LogP contribution in [0.2, 0.25) is 5.02 Å². The van der Waals surface area contributed by atoms with Crippen molar-refractivity contribution in [2.75, 3.05) is 26.2 Å². The van der Waals surface area contributed by atoms with E-state index in [1.807, 2.05) is 23.1 Å². The lowest BCUT2D eigenvalue weighted by Gasteiger charge is -2.33. The van der Waals surface area contributed by atoms with Gasteiger partial charge in [0.2, 0.25) is 10.0 Å². The summed E-state index contributed by atoms with van der Waals surface area (Å²) >= 11 is 6.07. The highest BCUT2D eigenvalue weighted by Gasteiger charge is 2.30. The van der Waals surface area contributed by atoms with E-state index in [1.165, 1.54) is 15.1 Å². The Bertz CT molecular complexity index is 1170. The molecule has 0 atom stereocenters. The van der Waals surface area contributed by atoms with Gasteiger partial charge in [-0.25, -0.2) is 13.1 Å². The lowest BCUT2D eigenvalue weighted by Crippen LogP contribution is -2.49. The van der Waals surface area contributed by atoms with Gasteiger partial charge in [-0.3, -0.25) is 9.69 Å². The molecule has 0 aliphatic carbocycles. The summed E-state index contributed by atoms with van der Waals surface area (Å²) in [5.74, 6) is 0. The van der Waals surface area contributed by atoms with Crippen LogP contribution >= 0.6 is 11.6 Å². The normalized spacial score (nSPS) is 16.5. The van der Waals surface area contributed by atoms with E-state index in [0.29, 0.717) is 38.2 Å². The van der Waals surface area contributed by atoms with Crippen molar-refractivity contribution >= 4 is 32.4 Å². The Morgan fingerprint density at radius 3 is 2.39 bits per heavy atom. The predicted octanol–water partition coefficient (Wildman–Crippen LogP) is 2.01. The summed E-state index contributed by atoms with van der Waals surface area (Å²) < 4.78 is 28.5. The fourth-order valence-electron chi connectivity index (χ4n) is 3.32. The maximum atomic E-state index is 12.8. The van der Waals surface area contributed by atoms with E-state index in [9.17, 15) is 13.2 Å². The molecule has 146 valence electrons. The van der Waals surface area contributed by atoms with Crippen LogP contribution in [0.15, 0.2) is 64.4 Å². The summed E-state index contributed by atoms with van der Waals surface area (Å²) in [5, 5.41) is 5.89. The van der Waals surface area contributed by atoms with Gasteiger partial charge in [-0.05, 0) is 18.2 Å². The van der Waals surface area contributed by atoms with E-state index in [2.05, 4.69) is 5.10 Å². The Balaban J connectivity index is 1.47. The Morgan fingerprint density at radius 1 is 0.964 bits per heavy atom. The Morgan fingerprint density at radius 2 is 1.64 bits per heavy atom. The van der Waals surface area contributed by atoms with Crippen molar-refractivity contribution in [1.82, 2.24) is 19.0 Å². The summed E-state index contributed by atoms with van der Waals surface area (Å²) in [6.45, 7) is 1.99. The zero-order valence-electron chi connectivity index (χ0n) is 15.0. The molecule has 1 aliphatic rings. The number of hydrogen-bond donors (Lipinski definition) is 0. The van der Waals surface area contributed by atoms with Gasteiger partial charge >= 0.3 is 0 Å². The molecule has 0 radical (unpaired) electrons. The van der Waals surface area contributed by atoms with Crippen molar-refractivity contribution in [2.45, 2.75) is 11.6 Å². The van der Waals surface area contributed by atoms with Gasteiger partial charge in [0.05, 0.1) is 23.3 Å². The molecule has 9 heteroatoms. The first-order chi connectivity index (χ1) is 13.5. The number of fused-ring (bicyclic) bond motifs is 1. The third kappa shape index (κ3) is 3.56. The first kappa shape index (κ1) is 19.1. The lowest BCUT2D eigenvalue weighted by molar-refractivity contribution is 0.143. The number of hydrogen-bond acceptors (Lipinski definition) is 5. The molecule has 7 nitrogen and oxygen atoms in total. The van der Waals surface area contributed by atoms with Crippen LogP contribution in [0.5, 0.6) is 0 Å². The number of aromatic nitrogens is 2. The topological polar surface area (TPSA) is 75.5 Å². The molecule has 2 heterocycles. The van der Waals surface area contributed by atoms with E-state index in [1.54, 1.807) is 30.5 Å². The average molecular weight is 419 g/mol. The fraction of sp³-hybridized carbons (Fsp3) is 0.263. The van der Waals surface area contributed by atoms with Gasteiger partial charge < -0.3 is 0 Å². The number of rotatable bonds is 4. The molecule has 3 aromatic rings. The summed E-state index contributed by atoms with van der Waals surface area (Å²) in [4.78, 5) is 14.7. The van der Waals surface area contributed by atoms with Crippen LogP contribution in [0.4, 0.5) is 0 Å². The quantitative estimate of drug-likeness (QED) is 0.648. The van der Waals surface area contributed by atoms with Crippen molar-refractivity contribution in [3.05, 3.63) is 70.1 Å². The van der Waals surface area contributed by atoms with E-state index in [0.717, 1.165) is 5.39 Å². The minimum absolute atomic E-state index is 0.123. The molecule has 0 unspecified atom stereocenters. The van der Waals surface area contributed by atoms with Crippen molar-refractivity contribution in [3.8, 4) is 0 Å². The van der Waals surface area contributed by atoms with Gasteiger partial charge in [0.1, 0.15) is 4.90 Å². The van der Waals surface area contributed by atoms with Crippen molar-refractivity contribution in [3.63, 3.8) is 0 Å². The van der Waals surface area contributed by atoms with Gasteiger partial charge in [-0.15, -0.1) is 0 Å². The number of nitrogens with zero attached hydrogens (tertiary/aromatic N) is 4. The summed E-state index contributed by atoms with van der Waals surface area (Å²) in [6.07, 6.45) is 1.68. The molecule has 0 saturated carbocycles. The van der Waals surface area contributed by atoms with E-state index in [4.69, 9.17) is 11.6 Å². The Hall–Kier alpha value is -2.26. The van der Waals surface area contributed by atoms with Crippen LogP contribution in [-0.2, 0) is 16.7 Å². The zero-order valence-corrected chi connectivity index (χ0v) is 16.6. The number of benzene rings is 2. The van der Waals surface area contributed by atoms with Gasteiger partial charge in [-0.1, -0.05) is 41.9 Å². The highest BCUT2D eigenvalue weighted by Crippen LogP contribution is 2.25. The summed E-state index contributed by atoms with van der Waals surface area (Å²) in [7, 11) is -3.64. The van der Waals surface area contributed by atoms with Gasteiger partial charge in [0.25, 0.3) is 5.56 Å².